The monoisotopic (exact) mass is 257 g/mol. The van der Waals surface area contributed by atoms with E-state index >= 15 is 0 Å². The highest BCUT2D eigenvalue weighted by Gasteiger charge is 2.34. The molecule has 1 aliphatic carbocycles. The normalized spacial score (nSPS) is 21.5. The summed E-state index contributed by atoms with van der Waals surface area (Å²) in [7, 11) is 0. The highest BCUT2D eigenvalue weighted by Crippen LogP contribution is 2.20. The molecule has 1 amide bonds. The number of hydrogen-bond donors (Lipinski definition) is 3. The van der Waals surface area contributed by atoms with Crippen LogP contribution in [0.4, 0.5) is 0 Å². The van der Waals surface area contributed by atoms with Gasteiger partial charge >= 0.3 is 0 Å². The highest BCUT2D eigenvalue weighted by molar-refractivity contribution is 5.83. The summed E-state index contributed by atoms with van der Waals surface area (Å²) in [5.41, 5.74) is 8.11. The number of para-hydroxylation sites is 1. The van der Waals surface area contributed by atoms with Gasteiger partial charge in [-0.3, -0.25) is 4.79 Å². The van der Waals surface area contributed by atoms with Gasteiger partial charge in [0.05, 0.1) is 0 Å². The highest BCUT2D eigenvalue weighted by atomic mass is 16.1. The van der Waals surface area contributed by atoms with Crippen LogP contribution in [-0.4, -0.2) is 23.0 Å². The molecule has 1 heterocycles. The molecule has 0 radical (unpaired) electrons. The van der Waals surface area contributed by atoms with Gasteiger partial charge in [0.1, 0.15) is 0 Å². The second-order valence-electron chi connectivity index (χ2n) is 5.29. The summed E-state index contributed by atoms with van der Waals surface area (Å²) in [6, 6.07) is 8.65. The van der Waals surface area contributed by atoms with Gasteiger partial charge in [-0.25, -0.2) is 0 Å². The van der Waals surface area contributed by atoms with Gasteiger partial charge in [-0.15, -0.1) is 0 Å². The molecule has 2 atom stereocenters. The molecule has 4 nitrogen and oxygen atoms in total. The summed E-state index contributed by atoms with van der Waals surface area (Å²) in [6.45, 7) is 0. The van der Waals surface area contributed by atoms with Crippen LogP contribution in [0.3, 0.4) is 0 Å². The number of rotatable bonds is 5. The van der Waals surface area contributed by atoms with Crippen molar-refractivity contribution in [3.8, 4) is 0 Å². The number of nitrogens with two attached hydrogens (primary N) is 1. The van der Waals surface area contributed by atoms with E-state index in [9.17, 15) is 4.79 Å². The zero-order chi connectivity index (χ0) is 13.2. The molecule has 2 aromatic rings. The second kappa shape index (κ2) is 5.05. The Morgan fingerprint density at radius 3 is 3.00 bits per heavy atom. The van der Waals surface area contributed by atoms with Crippen molar-refractivity contribution in [3.63, 3.8) is 0 Å². The lowest BCUT2D eigenvalue weighted by Gasteiger charge is -2.03. The van der Waals surface area contributed by atoms with Crippen LogP contribution < -0.4 is 11.1 Å². The van der Waals surface area contributed by atoms with Crippen molar-refractivity contribution in [1.82, 2.24) is 10.3 Å². The fraction of sp³-hybridized carbons (Fsp3) is 0.400. The third-order valence-corrected chi connectivity index (χ3v) is 3.71. The lowest BCUT2D eigenvalue weighted by molar-refractivity contribution is -0.121. The number of aryl methyl sites for hydroxylation is 1. The van der Waals surface area contributed by atoms with E-state index in [1.165, 1.54) is 10.9 Å². The van der Waals surface area contributed by atoms with E-state index in [2.05, 4.69) is 22.4 Å². The number of carbonyl (C=O) groups is 1. The molecule has 4 N–H and O–H groups in total. The van der Waals surface area contributed by atoms with Gasteiger partial charge in [0, 0.05) is 35.6 Å². The molecule has 3 rings (SSSR count). The Morgan fingerprint density at radius 1 is 1.42 bits per heavy atom. The lowest BCUT2D eigenvalue weighted by atomic mass is 10.1. The largest absolute Gasteiger partial charge is 0.361 e. The van der Waals surface area contributed by atoms with E-state index in [-0.39, 0.29) is 18.0 Å². The van der Waals surface area contributed by atoms with E-state index in [4.69, 9.17) is 5.73 Å². The number of amides is 1. The summed E-state index contributed by atoms with van der Waals surface area (Å²) in [5.74, 6) is 0.123. The molecular formula is C15H19N3O. The van der Waals surface area contributed by atoms with Gasteiger partial charge in [0.15, 0.2) is 0 Å². The van der Waals surface area contributed by atoms with Crippen LogP contribution >= 0.6 is 0 Å². The number of nitrogens with one attached hydrogen (secondary N) is 2. The Morgan fingerprint density at radius 2 is 2.21 bits per heavy atom. The molecule has 100 valence electrons. The van der Waals surface area contributed by atoms with Crippen LogP contribution in [0.25, 0.3) is 10.9 Å². The second-order valence-corrected chi connectivity index (χ2v) is 5.29. The first-order chi connectivity index (χ1) is 9.24. The SMILES string of the molecule is NC1CC1NC(=O)CCCc1c[nH]c2ccccc12. The van der Waals surface area contributed by atoms with Gasteiger partial charge < -0.3 is 16.0 Å². The van der Waals surface area contributed by atoms with Crippen molar-refractivity contribution >= 4 is 16.8 Å². The third-order valence-electron chi connectivity index (χ3n) is 3.71. The zero-order valence-corrected chi connectivity index (χ0v) is 10.9. The molecule has 1 saturated carbocycles. The topological polar surface area (TPSA) is 70.9 Å². The maximum Gasteiger partial charge on any atom is 0.220 e. The number of H-pyrrole nitrogens is 1. The quantitative estimate of drug-likeness (QED) is 0.763. The molecule has 0 spiro atoms. The van der Waals surface area contributed by atoms with E-state index in [0.29, 0.717) is 6.42 Å². The Kier molecular flexibility index (Phi) is 3.25. The summed E-state index contributed by atoms with van der Waals surface area (Å²) in [6.07, 6.45) is 5.33. The molecule has 4 heteroatoms. The summed E-state index contributed by atoms with van der Waals surface area (Å²) < 4.78 is 0. The zero-order valence-electron chi connectivity index (χ0n) is 10.9. The summed E-state index contributed by atoms with van der Waals surface area (Å²) in [4.78, 5) is 14.9. The van der Waals surface area contributed by atoms with E-state index < -0.39 is 0 Å². The van der Waals surface area contributed by atoms with E-state index in [1.807, 2.05) is 18.3 Å². The molecule has 0 saturated heterocycles. The minimum Gasteiger partial charge on any atom is -0.361 e. The number of aromatic amines is 1. The van der Waals surface area contributed by atoms with Gasteiger partial charge in [-0.05, 0) is 30.9 Å². The maximum absolute atomic E-state index is 11.7. The fourth-order valence-corrected chi connectivity index (χ4v) is 2.44. The van der Waals surface area contributed by atoms with E-state index in [1.54, 1.807) is 0 Å². The molecule has 1 aliphatic rings. The first-order valence-electron chi connectivity index (χ1n) is 6.84. The summed E-state index contributed by atoms with van der Waals surface area (Å²) >= 11 is 0. The van der Waals surface area contributed by atoms with Crippen molar-refractivity contribution in [1.29, 1.82) is 0 Å². The minimum absolute atomic E-state index is 0.123. The van der Waals surface area contributed by atoms with Crippen LogP contribution in [0.2, 0.25) is 0 Å². The van der Waals surface area contributed by atoms with Crippen LogP contribution in [0.15, 0.2) is 30.5 Å². The average Bonchev–Trinajstić information content (AvgIpc) is 2.94. The minimum atomic E-state index is 0.123. The van der Waals surface area contributed by atoms with Crippen molar-refractivity contribution in [2.45, 2.75) is 37.8 Å². The van der Waals surface area contributed by atoms with Crippen molar-refractivity contribution in [2.24, 2.45) is 5.73 Å². The number of benzene rings is 1. The van der Waals surface area contributed by atoms with Crippen molar-refractivity contribution < 1.29 is 4.79 Å². The average molecular weight is 257 g/mol. The Labute approximate surface area is 112 Å². The van der Waals surface area contributed by atoms with Crippen LogP contribution in [0.1, 0.15) is 24.8 Å². The lowest BCUT2D eigenvalue weighted by Crippen LogP contribution is -2.29. The van der Waals surface area contributed by atoms with Gasteiger partial charge in [-0.2, -0.15) is 0 Å². The predicted octanol–water partition coefficient (Wildman–Crippen LogP) is 1.71. The molecule has 1 aromatic carbocycles. The van der Waals surface area contributed by atoms with Crippen LogP contribution in [0, 0.1) is 0 Å². The molecule has 0 aliphatic heterocycles. The van der Waals surface area contributed by atoms with E-state index in [0.717, 1.165) is 24.8 Å². The van der Waals surface area contributed by atoms with Gasteiger partial charge in [0.25, 0.3) is 0 Å². The van der Waals surface area contributed by atoms with Gasteiger partial charge in [0.2, 0.25) is 5.91 Å². The number of aromatic nitrogens is 1. The predicted molar refractivity (Wildman–Crippen MR) is 75.8 cm³/mol. The maximum atomic E-state index is 11.7. The number of fused-ring (bicyclic) bond motifs is 1. The first-order valence-corrected chi connectivity index (χ1v) is 6.84. The molecule has 1 fully saturated rings. The first kappa shape index (κ1) is 12.2. The van der Waals surface area contributed by atoms with Gasteiger partial charge in [-0.1, -0.05) is 18.2 Å². The standard InChI is InChI=1S/C15H19N3O/c16-12-8-14(12)18-15(19)7-3-4-10-9-17-13-6-2-1-5-11(10)13/h1-2,5-6,9,12,14,17H,3-4,7-8,16H2,(H,18,19). The smallest absolute Gasteiger partial charge is 0.220 e. The molecule has 0 bridgehead atoms. The van der Waals surface area contributed by atoms with Crippen molar-refractivity contribution in [3.05, 3.63) is 36.0 Å². The van der Waals surface area contributed by atoms with Crippen LogP contribution in [0.5, 0.6) is 0 Å². The Balaban J connectivity index is 1.50. The Bertz CT molecular complexity index is 590. The molecule has 1 aromatic heterocycles. The number of carbonyl (C=O) groups excluding carboxylic acids is 1. The fourth-order valence-electron chi connectivity index (χ4n) is 2.44. The summed E-state index contributed by atoms with van der Waals surface area (Å²) in [5, 5.41) is 4.21. The van der Waals surface area contributed by atoms with Crippen LogP contribution in [-0.2, 0) is 11.2 Å². The molecule has 2 unspecified atom stereocenters. The molecular weight excluding hydrogens is 238 g/mol. The number of hydrogen-bond acceptors (Lipinski definition) is 2. The third kappa shape index (κ3) is 2.79. The Hall–Kier alpha value is -1.81. The molecule has 19 heavy (non-hydrogen) atoms. The van der Waals surface area contributed by atoms with Crippen molar-refractivity contribution in [2.75, 3.05) is 0 Å².